The van der Waals surface area contributed by atoms with Crippen molar-refractivity contribution in [2.24, 2.45) is 0 Å². The number of anilines is 2. The van der Waals surface area contributed by atoms with Crippen molar-refractivity contribution < 1.29 is 31.1 Å². The van der Waals surface area contributed by atoms with E-state index in [0.717, 1.165) is 29.8 Å². The number of thiazole rings is 1. The fraction of sp³-hybridized carbons (Fsp3) is 0.103. The van der Waals surface area contributed by atoms with Gasteiger partial charge in [-0.1, -0.05) is 42.5 Å². The predicted octanol–water partition coefficient (Wildman–Crippen LogP) is 5.92. The van der Waals surface area contributed by atoms with Crippen molar-refractivity contribution in [2.45, 2.75) is 4.90 Å². The van der Waals surface area contributed by atoms with Crippen molar-refractivity contribution in [3.63, 3.8) is 0 Å². The molecule has 1 amide bonds. The van der Waals surface area contributed by atoms with Crippen LogP contribution in [-0.2, 0) is 14.8 Å². The van der Waals surface area contributed by atoms with Gasteiger partial charge < -0.3 is 15.4 Å². The van der Waals surface area contributed by atoms with Crippen molar-refractivity contribution in [3.8, 4) is 32.4 Å². The van der Waals surface area contributed by atoms with E-state index in [9.17, 15) is 22.0 Å². The van der Waals surface area contributed by atoms with Gasteiger partial charge in [0.05, 0.1) is 29.1 Å². The second kappa shape index (κ2) is 13.1. The predicted molar refractivity (Wildman–Crippen MR) is 160 cm³/mol. The van der Waals surface area contributed by atoms with Gasteiger partial charge in [0.15, 0.2) is 10.7 Å². The van der Waals surface area contributed by atoms with Crippen LogP contribution >= 0.6 is 11.3 Å². The summed E-state index contributed by atoms with van der Waals surface area (Å²) in [6.07, 6.45) is 0.906. The van der Waals surface area contributed by atoms with Crippen LogP contribution in [0.1, 0.15) is 0 Å². The van der Waals surface area contributed by atoms with Crippen LogP contribution in [0.15, 0.2) is 83.9 Å². The number of benzene rings is 3. The number of nitrogens with zero attached hydrogens (tertiary/aromatic N) is 3. The van der Waals surface area contributed by atoms with Gasteiger partial charge in [0, 0.05) is 30.4 Å². The first-order valence-electron chi connectivity index (χ1n) is 12.9. The molecule has 0 bridgehead atoms. The molecule has 0 saturated carbocycles. The van der Waals surface area contributed by atoms with Gasteiger partial charge in [0.2, 0.25) is 5.95 Å². The zero-order valence-electron chi connectivity index (χ0n) is 22.8. The van der Waals surface area contributed by atoms with E-state index in [-0.39, 0.29) is 30.3 Å². The molecule has 0 radical (unpaired) electrons. The zero-order chi connectivity index (χ0) is 31.3. The summed E-state index contributed by atoms with van der Waals surface area (Å²) in [6, 6.07) is 17.3. The highest BCUT2D eigenvalue weighted by atomic mass is 32.2. The van der Waals surface area contributed by atoms with Crippen LogP contribution in [-0.4, -0.2) is 49.7 Å². The molecule has 0 spiro atoms. The van der Waals surface area contributed by atoms with Gasteiger partial charge >= 0.3 is 6.09 Å². The summed E-state index contributed by atoms with van der Waals surface area (Å²) < 4.78 is 76.9. The van der Waals surface area contributed by atoms with Crippen LogP contribution < -0.4 is 15.4 Å². The second-order valence-corrected chi connectivity index (χ2v) is 11.6. The highest BCUT2D eigenvalue weighted by Crippen LogP contribution is 2.42. The van der Waals surface area contributed by atoms with Crippen molar-refractivity contribution in [3.05, 3.63) is 96.4 Å². The molecule has 44 heavy (non-hydrogen) atoms. The Balaban J connectivity index is 1.54. The molecule has 3 aromatic carbocycles. The number of hydrogen-bond donors (Lipinski definition) is 3. The third-order valence-electron chi connectivity index (χ3n) is 6.08. The summed E-state index contributed by atoms with van der Waals surface area (Å²) in [6.45, 7) is 0.512. The summed E-state index contributed by atoms with van der Waals surface area (Å²) in [5.41, 5.74) is 0.675. The van der Waals surface area contributed by atoms with Gasteiger partial charge in [-0.2, -0.15) is 0 Å². The van der Waals surface area contributed by atoms with Gasteiger partial charge in [0.1, 0.15) is 16.6 Å². The monoisotopic (exact) mass is 640 g/mol. The van der Waals surface area contributed by atoms with Gasteiger partial charge in [-0.3, -0.25) is 4.72 Å². The first-order chi connectivity index (χ1) is 21.2. The van der Waals surface area contributed by atoms with Gasteiger partial charge in [-0.15, -0.1) is 11.3 Å². The van der Waals surface area contributed by atoms with E-state index in [1.807, 2.05) is 35.1 Å². The van der Waals surface area contributed by atoms with Crippen LogP contribution in [0.5, 0.6) is 0 Å². The second-order valence-electron chi connectivity index (χ2n) is 9.00. The Morgan fingerprint density at radius 2 is 1.64 bits per heavy atom. The van der Waals surface area contributed by atoms with E-state index in [0.29, 0.717) is 15.6 Å². The van der Waals surface area contributed by atoms with Gasteiger partial charge in [-0.25, -0.2) is 41.3 Å². The number of nitrogens with one attached hydrogen (secondary N) is 3. The van der Waals surface area contributed by atoms with Gasteiger partial charge in [0.25, 0.3) is 10.0 Å². The topological polar surface area (TPSA) is 135 Å². The maximum Gasteiger partial charge on any atom is 0.406 e. The maximum atomic E-state index is 16.1. The van der Waals surface area contributed by atoms with Gasteiger partial charge in [-0.05, 0) is 30.3 Å². The first-order valence-corrected chi connectivity index (χ1v) is 15.2. The number of rotatable bonds is 10. The van der Waals surface area contributed by atoms with Crippen molar-refractivity contribution >= 4 is 39.1 Å². The molecule has 10 nitrogen and oxygen atoms in total. The minimum atomic E-state index is -4.84. The van der Waals surface area contributed by atoms with Crippen LogP contribution in [0.25, 0.3) is 32.4 Å². The Labute approximate surface area is 254 Å². The fourth-order valence-electron chi connectivity index (χ4n) is 4.09. The van der Waals surface area contributed by atoms with Crippen LogP contribution in [0.4, 0.5) is 29.6 Å². The number of halogens is 3. The number of sulfonamides is 1. The minimum absolute atomic E-state index is 0.0805. The summed E-state index contributed by atoms with van der Waals surface area (Å²) >= 11 is 1.23. The lowest BCUT2D eigenvalue weighted by Crippen LogP contribution is -2.28. The number of hydrogen-bond acceptors (Lipinski definition) is 9. The lowest BCUT2D eigenvalue weighted by Gasteiger charge is -2.12. The third-order valence-corrected chi connectivity index (χ3v) is 8.63. The van der Waals surface area contributed by atoms with E-state index in [4.69, 9.17) is 0 Å². The smallest absolute Gasteiger partial charge is 0.406 e. The highest BCUT2D eigenvalue weighted by Gasteiger charge is 2.27. The maximum absolute atomic E-state index is 16.1. The molecule has 15 heteroatoms. The Morgan fingerprint density at radius 1 is 0.909 bits per heavy atom. The SMILES string of the molecule is COC(=O)NCCNc1nccc(-c2sc(-c3ccccc3)nc2-c2cccc(NS(=O)(=O)c3c(F)cccc3F)c2F)n1. The Morgan fingerprint density at radius 3 is 2.36 bits per heavy atom. The molecule has 2 heterocycles. The molecule has 0 aliphatic carbocycles. The number of alkyl carbamates (subject to hydrolysis) is 1. The summed E-state index contributed by atoms with van der Waals surface area (Å²) in [7, 11) is -3.59. The summed E-state index contributed by atoms with van der Waals surface area (Å²) in [5.74, 6) is -3.43. The average Bonchev–Trinajstić information content (AvgIpc) is 3.46. The van der Waals surface area contributed by atoms with E-state index in [2.05, 4.69) is 30.3 Å². The zero-order valence-corrected chi connectivity index (χ0v) is 24.5. The molecule has 0 unspecified atom stereocenters. The van der Waals surface area contributed by atoms with Crippen LogP contribution in [0.3, 0.4) is 0 Å². The molecule has 0 aliphatic heterocycles. The number of ether oxygens (including phenoxy) is 1. The Hall–Kier alpha value is -5.02. The van der Waals surface area contributed by atoms with E-state index in [1.165, 1.54) is 36.8 Å². The molecule has 0 aliphatic rings. The Kier molecular flexibility index (Phi) is 9.06. The molecule has 3 N–H and O–H groups in total. The molecular formula is C29H23F3N6O4S2. The molecule has 0 atom stereocenters. The van der Waals surface area contributed by atoms with Crippen molar-refractivity contribution in [2.75, 3.05) is 30.2 Å². The molecular weight excluding hydrogens is 617 g/mol. The van der Waals surface area contributed by atoms with Crippen LogP contribution in [0, 0.1) is 17.5 Å². The molecule has 5 rings (SSSR count). The van der Waals surface area contributed by atoms with Crippen molar-refractivity contribution in [1.29, 1.82) is 0 Å². The normalized spacial score (nSPS) is 11.2. The molecule has 5 aromatic rings. The molecule has 0 fully saturated rings. The van der Waals surface area contributed by atoms with Crippen LogP contribution in [0.2, 0.25) is 0 Å². The van der Waals surface area contributed by atoms with E-state index < -0.39 is 44.2 Å². The van der Waals surface area contributed by atoms with E-state index >= 15 is 4.39 Å². The Bertz CT molecular complexity index is 1900. The van der Waals surface area contributed by atoms with Crippen molar-refractivity contribution in [1.82, 2.24) is 20.3 Å². The summed E-state index contributed by atoms with van der Waals surface area (Å²) in [4.78, 5) is 23.9. The number of methoxy groups -OCH3 is 1. The first kappa shape index (κ1) is 30.4. The minimum Gasteiger partial charge on any atom is -0.453 e. The lowest BCUT2D eigenvalue weighted by atomic mass is 10.1. The molecule has 2 aromatic heterocycles. The number of carbonyl (C=O) groups is 1. The standard InChI is InChI=1S/C29H23F3N6O4S2/c1-42-29(39)35-16-15-34-28-33-14-13-22(36-28)25-24(37-27(43-25)17-7-3-2-4-8-17)18-9-5-12-21(23(18)32)38-44(40,41)26-19(30)10-6-11-20(26)31/h2-14,38H,15-16H2,1H3,(H,35,39)(H,33,34,36). The summed E-state index contributed by atoms with van der Waals surface area (Å²) in [5, 5.41) is 6.04. The fourth-order valence-corrected chi connectivity index (χ4v) is 6.34. The molecule has 0 saturated heterocycles. The average molecular weight is 641 g/mol. The number of aromatic nitrogens is 3. The molecule has 226 valence electrons. The third kappa shape index (κ3) is 6.63. The quantitative estimate of drug-likeness (QED) is 0.160. The van der Waals surface area contributed by atoms with E-state index in [1.54, 1.807) is 6.07 Å². The highest BCUT2D eigenvalue weighted by molar-refractivity contribution is 7.92. The number of amides is 1. The largest absolute Gasteiger partial charge is 0.453 e. The number of carbonyl (C=O) groups excluding carboxylic acids is 1. The lowest BCUT2D eigenvalue weighted by molar-refractivity contribution is 0.171.